The standard InChI is InChI=1S/C21H18NO2.C4H4N.C2H6.3Pb/c1-4-15-12-18(24-3)11-14(2)20(15)22-13-17-10-9-16-7-5-6-8-19(16)21(17)23;1-2-4-5-3-1;1-2;;;/h2,4-13,23H,1,3H3;1-4H;1-2H3;;;/q;+1;;;;. The first kappa shape index (κ1) is 29.4. The van der Waals surface area contributed by atoms with E-state index in [0.29, 0.717) is 10.3 Å². The Morgan fingerprint density at radius 2 is 1.62 bits per heavy atom. The van der Waals surface area contributed by atoms with Crippen LogP contribution in [0.2, 0.25) is 0 Å². The Labute approximate surface area is 250 Å². The van der Waals surface area contributed by atoms with E-state index < -0.39 is 0 Å². The fourth-order valence-electron chi connectivity index (χ4n) is 3.23. The van der Waals surface area contributed by atoms with Crippen LogP contribution in [0, 0.1) is 0 Å². The molecule has 4 rings (SSSR count). The number of nitrogens with zero attached hydrogens (tertiary/aromatic N) is 2. The summed E-state index contributed by atoms with van der Waals surface area (Å²) in [6.07, 6.45) is 9.09. The Morgan fingerprint density at radius 3 is 2.18 bits per heavy atom. The minimum absolute atomic E-state index is 0.292. The normalized spacial score (nSPS) is 12.5. The quantitative estimate of drug-likeness (QED) is 0.230. The first-order valence-electron chi connectivity index (χ1n) is 11.0. The van der Waals surface area contributed by atoms with Crippen LogP contribution in [0.1, 0.15) is 42.0 Å². The molecular formula is C27H28N2O2Pb3+. The summed E-state index contributed by atoms with van der Waals surface area (Å²) in [5.41, 5.74) is 4.37. The Bertz CT molecular complexity index is 1190. The van der Waals surface area contributed by atoms with Gasteiger partial charge in [-0.1, -0.05) is 13.8 Å². The van der Waals surface area contributed by atoms with E-state index in [1.54, 1.807) is 19.5 Å². The first-order chi connectivity index (χ1) is 16.4. The van der Waals surface area contributed by atoms with E-state index in [4.69, 9.17) is 9.73 Å². The minimum atomic E-state index is 0.292. The van der Waals surface area contributed by atoms with Gasteiger partial charge in [-0.3, -0.25) is 0 Å². The summed E-state index contributed by atoms with van der Waals surface area (Å²) in [4.78, 5) is 4.89. The summed E-state index contributed by atoms with van der Waals surface area (Å²) in [7, 11) is 1.73. The number of phenolic OH excluding ortho intramolecular Hbond substituents is 1. The number of rotatable bonds is 5. The number of hydrogen-bond acceptors (Lipinski definition) is 3. The summed E-state index contributed by atoms with van der Waals surface area (Å²) in [6.45, 7) is 6.24. The predicted octanol–water partition coefficient (Wildman–Crippen LogP) is 4.66. The van der Waals surface area contributed by atoms with Crippen molar-refractivity contribution in [1.82, 2.24) is 4.67 Å². The molecule has 0 saturated heterocycles. The van der Waals surface area contributed by atoms with Crippen molar-refractivity contribution in [3.8, 4) is 11.5 Å². The summed E-state index contributed by atoms with van der Waals surface area (Å²) in [5, 5.41) is 12.6. The van der Waals surface area contributed by atoms with Crippen molar-refractivity contribution in [2.24, 2.45) is 4.99 Å². The van der Waals surface area contributed by atoms with Crippen molar-refractivity contribution in [2.75, 3.05) is 7.11 Å². The number of phenols is 1. The van der Waals surface area contributed by atoms with Gasteiger partial charge in [0.1, 0.15) is 0 Å². The van der Waals surface area contributed by atoms with Crippen molar-refractivity contribution in [1.29, 1.82) is 0 Å². The van der Waals surface area contributed by atoms with Crippen LogP contribution in [0.5, 0.6) is 11.5 Å². The number of aliphatic imine (C=N–C) groups is 1. The van der Waals surface area contributed by atoms with Gasteiger partial charge >= 0.3 is 210 Å². The maximum absolute atomic E-state index is 10.7. The molecule has 1 heterocycles. The zero-order valence-electron chi connectivity index (χ0n) is 19.9. The van der Waals surface area contributed by atoms with Gasteiger partial charge < -0.3 is 0 Å². The van der Waals surface area contributed by atoms with Crippen LogP contribution in [0.25, 0.3) is 10.8 Å². The van der Waals surface area contributed by atoms with Gasteiger partial charge in [-0.25, -0.2) is 0 Å². The van der Waals surface area contributed by atoms with Gasteiger partial charge in [0.2, 0.25) is 0 Å². The molecule has 3 aromatic rings. The van der Waals surface area contributed by atoms with E-state index in [1.165, 1.54) is 11.1 Å². The zero-order valence-corrected chi connectivity index (χ0v) is 31.6. The van der Waals surface area contributed by atoms with Gasteiger partial charge in [0, 0.05) is 12.2 Å². The molecule has 0 amide bonds. The topological polar surface area (TPSA) is 55.9 Å². The van der Waals surface area contributed by atoms with Crippen molar-refractivity contribution in [3.63, 3.8) is 0 Å². The number of ether oxygens (including phenoxy) is 1. The first-order valence-corrected chi connectivity index (χ1v) is 17.8. The van der Waals surface area contributed by atoms with Crippen LogP contribution >= 0.6 is 0 Å². The average molecular weight is 1030 g/mol. The molecule has 0 fully saturated rings. The summed E-state index contributed by atoms with van der Waals surface area (Å²) in [6, 6.07) is 16.1. The third-order valence-corrected chi connectivity index (χ3v) is 8.50. The second kappa shape index (κ2) is 15.3. The third-order valence-electron chi connectivity index (χ3n) is 4.88. The van der Waals surface area contributed by atoms with Gasteiger partial charge in [-0.2, -0.15) is 0 Å². The molecule has 169 valence electrons. The van der Waals surface area contributed by atoms with Crippen LogP contribution in [-0.4, -0.2) is 108 Å². The van der Waals surface area contributed by atoms with Crippen LogP contribution in [-0.2, 0) is 0 Å². The Balaban J connectivity index is 0.000000507. The Hall–Kier alpha value is -0.854. The molecule has 4 nitrogen and oxygen atoms in total. The van der Waals surface area contributed by atoms with Gasteiger partial charge in [0.25, 0.3) is 12.4 Å². The van der Waals surface area contributed by atoms with E-state index in [-0.39, 0.29) is 0 Å². The molecule has 0 bridgehead atoms. The fraction of sp³-hybridized carbons (Fsp3) is 0.222. The maximum atomic E-state index is 10.7. The van der Waals surface area contributed by atoms with Crippen LogP contribution in [0.3, 0.4) is 0 Å². The van der Waals surface area contributed by atoms with Crippen molar-refractivity contribution in [2.45, 2.75) is 25.3 Å². The van der Waals surface area contributed by atoms with E-state index in [9.17, 15) is 5.11 Å². The number of hydrogen-bond donors (Lipinski definition) is 1. The molecule has 34 heavy (non-hydrogen) atoms. The molecule has 1 aliphatic heterocycles. The molecule has 1 unspecified atom stereocenters. The molecule has 0 spiro atoms. The molecule has 3 aromatic carbocycles. The van der Waals surface area contributed by atoms with Gasteiger partial charge in [-0.15, -0.1) is 4.67 Å². The average Bonchev–Trinajstić information content (AvgIpc) is 3.45. The summed E-state index contributed by atoms with van der Waals surface area (Å²) < 4.78 is 10.4. The molecule has 0 aromatic heterocycles. The van der Waals surface area contributed by atoms with E-state index in [2.05, 4.69) is 23.7 Å². The van der Waals surface area contributed by atoms with Gasteiger partial charge in [0.15, 0.2) is 0 Å². The monoisotopic (exact) mass is 1040 g/mol. The van der Waals surface area contributed by atoms with E-state index in [1.807, 2.05) is 68.6 Å². The number of fused-ring (bicyclic) bond motifs is 1. The predicted molar refractivity (Wildman–Crippen MR) is 149 cm³/mol. The van der Waals surface area contributed by atoms with E-state index >= 15 is 0 Å². The number of allylic oxidation sites excluding steroid dienone is 2. The molecule has 9 radical (unpaired) electrons. The Morgan fingerprint density at radius 1 is 0.971 bits per heavy atom. The van der Waals surface area contributed by atoms with Crippen LogP contribution < -0.4 is 9.40 Å². The number of methoxy groups -OCH3 is 1. The zero-order chi connectivity index (χ0) is 25.1. The van der Waals surface area contributed by atoms with E-state index in [0.717, 1.165) is 105 Å². The summed E-state index contributed by atoms with van der Waals surface area (Å²) in [5.74, 6) is 1.22. The molecule has 0 saturated carbocycles. The van der Waals surface area contributed by atoms with Crippen molar-refractivity contribution < 1.29 is 9.84 Å². The second-order valence-corrected chi connectivity index (χ2v) is 23.7. The van der Waals surface area contributed by atoms with Crippen LogP contribution in [0.15, 0.2) is 65.7 Å². The van der Waals surface area contributed by atoms with Crippen molar-refractivity contribution in [3.05, 3.63) is 77.4 Å². The molecule has 0 aliphatic carbocycles. The number of benzene rings is 3. The number of aromatic hydroxyl groups is 1. The molecule has 1 atom stereocenters. The van der Waals surface area contributed by atoms with Crippen LogP contribution in [0.4, 0.5) is 5.69 Å². The summed E-state index contributed by atoms with van der Waals surface area (Å²) >= 11 is 3.27. The third kappa shape index (κ3) is 8.09. The fourth-order valence-corrected chi connectivity index (χ4v) is 5.79. The van der Waals surface area contributed by atoms with Crippen molar-refractivity contribution >= 4 is 112 Å². The van der Waals surface area contributed by atoms with Gasteiger partial charge in [0.05, 0.1) is 0 Å². The molecular weight excluding hydrogens is 1010 g/mol. The molecule has 7 heteroatoms. The Kier molecular flexibility index (Phi) is 13.2. The van der Waals surface area contributed by atoms with Gasteiger partial charge in [-0.05, 0) is 0 Å². The second-order valence-electron chi connectivity index (χ2n) is 7.12. The molecule has 1 aliphatic rings. The molecule has 1 N–H and O–H groups in total. The SMILES string of the molecule is C1=CC=[N+]=C1.CC.COc1cc([CH](C)[Pb])c(N=Cc2ccc3ccccc3c2O)c([CH]([Pb])[Pb])c1.